The second-order valence-corrected chi connectivity index (χ2v) is 9.20. The van der Waals surface area contributed by atoms with Crippen LogP contribution in [-0.4, -0.2) is 20.1 Å². The number of sulfonamides is 1. The van der Waals surface area contributed by atoms with E-state index in [0.717, 1.165) is 16.0 Å². The van der Waals surface area contributed by atoms with E-state index >= 15 is 0 Å². The molecule has 0 fully saturated rings. The normalized spacial score (nSPS) is 15.7. The summed E-state index contributed by atoms with van der Waals surface area (Å²) in [5.74, 6) is -0.170. The molecule has 0 bridgehead atoms. The fraction of sp³-hybridized carbons (Fsp3) is 0.143. The Kier molecular flexibility index (Phi) is 4.32. The van der Waals surface area contributed by atoms with E-state index in [1.165, 1.54) is 15.6 Å². The van der Waals surface area contributed by atoms with E-state index < -0.39 is 10.0 Å². The molecular weight excluding hydrogens is 378 g/mol. The number of hydrogen-bond donors (Lipinski definition) is 1. The third-order valence-electron chi connectivity index (χ3n) is 4.69. The van der Waals surface area contributed by atoms with E-state index in [4.69, 9.17) is 0 Å². The smallest absolute Gasteiger partial charge is 0.268 e. The molecule has 2 aromatic carbocycles. The van der Waals surface area contributed by atoms with Gasteiger partial charge in [-0.25, -0.2) is 8.42 Å². The SMILES string of the molecule is CCN1c2cc(-c3ccccc3)sc2C(O)=C(c2ccccc2C)S1(=O)=O. The zero-order valence-corrected chi connectivity index (χ0v) is 16.6. The fourth-order valence-electron chi connectivity index (χ4n) is 3.38. The molecule has 3 aromatic rings. The van der Waals surface area contributed by atoms with Crippen molar-refractivity contribution in [1.82, 2.24) is 0 Å². The Balaban J connectivity index is 2.00. The van der Waals surface area contributed by atoms with Crippen LogP contribution in [0.5, 0.6) is 0 Å². The Morgan fingerprint density at radius 1 is 1.04 bits per heavy atom. The van der Waals surface area contributed by atoms with Gasteiger partial charge in [0.05, 0.1) is 10.6 Å². The first kappa shape index (κ1) is 17.8. The molecule has 1 aromatic heterocycles. The number of anilines is 1. The van der Waals surface area contributed by atoms with Gasteiger partial charge in [-0.05, 0) is 31.0 Å². The highest BCUT2D eigenvalue weighted by Gasteiger charge is 2.39. The van der Waals surface area contributed by atoms with Crippen molar-refractivity contribution in [2.45, 2.75) is 13.8 Å². The van der Waals surface area contributed by atoms with Gasteiger partial charge in [0.25, 0.3) is 10.0 Å². The maximum absolute atomic E-state index is 13.3. The first-order valence-corrected chi connectivity index (χ1v) is 10.9. The van der Waals surface area contributed by atoms with Crippen molar-refractivity contribution < 1.29 is 13.5 Å². The van der Waals surface area contributed by atoms with E-state index in [9.17, 15) is 13.5 Å². The van der Waals surface area contributed by atoms with Crippen LogP contribution in [0.15, 0.2) is 60.7 Å². The number of rotatable bonds is 3. The van der Waals surface area contributed by atoms with E-state index in [1.54, 1.807) is 19.1 Å². The van der Waals surface area contributed by atoms with E-state index in [-0.39, 0.29) is 10.7 Å². The first-order chi connectivity index (χ1) is 12.9. The van der Waals surface area contributed by atoms with Crippen molar-refractivity contribution in [2.75, 3.05) is 10.8 Å². The van der Waals surface area contributed by atoms with Crippen LogP contribution in [0.1, 0.15) is 22.9 Å². The van der Waals surface area contributed by atoms with Gasteiger partial charge in [0.1, 0.15) is 4.91 Å². The molecule has 0 saturated carbocycles. The van der Waals surface area contributed by atoms with Crippen LogP contribution in [0.4, 0.5) is 5.69 Å². The Hall–Kier alpha value is -2.57. The highest BCUT2D eigenvalue weighted by atomic mass is 32.2. The van der Waals surface area contributed by atoms with Crippen molar-refractivity contribution in [3.8, 4) is 10.4 Å². The quantitative estimate of drug-likeness (QED) is 0.654. The fourth-order valence-corrected chi connectivity index (χ4v) is 6.44. The summed E-state index contributed by atoms with van der Waals surface area (Å²) in [6.45, 7) is 3.95. The lowest BCUT2D eigenvalue weighted by Crippen LogP contribution is -2.34. The second kappa shape index (κ2) is 6.55. The molecule has 1 aliphatic rings. The summed E-state index contributed by atoms with van der Waals surface area (Å²) >= 11 is 1.41. The molecule has 0 radical (unpaired) electrons. The summed E-state index contributed by atoms with van der Waals surface area (Å²) in [6.07, 6.45) is 0. The average molecular weight is 398 g/mol. The molecule has 0 unspecified atom stereocenters. The summed E-state index contributed by atoms with van der Waals surface area (Å²) in [6, 6.07) is 18.9. The van der Waals surface area contributed by atoms with E-state index in [2.05, 4.69) is 0 Å². The molecule has 6 heteroatoms. The van der Waals surface area contributed by atoms with E-state index in [1.807, 2.05) is 55.5 Å². The standard InChI is InChI=1S/C21H19NO3S2/c1-3-22-17-13-18(15-10-5-4-6-11-15)26-20(17)19(23)21(27(22,24)25)16-12-8-7-9-14(16)2/h4-13,23H,3H2,1-2H3. The highest BCUT2D eigenvalue weighted by Crippen LogP contribution is 2.48. The van der Waals surface area contributed by atoms with Gasteiger partial charge in [0.2, 0.25) is 0 Å². The molecule has 27 heavy (non-hydrogen) atoms. The van der Waals surface area contributed by atoms with Crippen molar-refractivity contribution in [3.63, 3.8) is 0 Å². The van der Waals surface area contributed by atoms with Crippen molar-refractivity contribution in [3.05, 3.63) is 76.7 Å². The van der Waals surface area contributed by atoms with Gasteiger partial charge in [-0.3, -0.25) is 4.31 Å². The molecule has 0 atom stereocenters. The predicted octanol–water partition coefficient (Wildman–Crippen LogP) is 5.28. The number of thiophene rings is 1. The number of fused-ring (bicyclic) bond motifs is 1. The monoisotopic (exact) mass is 397 g/mol. The molecule has 0 spiro atoms. The Morgan fingerprint density at radius 3 is 2.37 bits per heavy atom. The largest absolute Gasteiger partial charge is 0.505 e. The third-order valence-corrected chi connectivity index (χ3v) is 7.84. The van der Waals surface area contributed by atoms with Crippen LogP contribution < -0.4 is 4.31 Å². The van der Waals surface area contributed by atoms with Crippen LogP contribution in [0, 0.1) is 6.92 Å². The van der Waals surface area contributed by atoms with Gasteiger partial charge < -0.3 is 5.11 Å². The summed E-state index contributed by atoms with van der Waals surface area (Å²) in [4.78, 5) is 1.49. The topological polar surface area (TPSA) is 57.6 Å². The van der Waals surface area contributed by atoms with Crippen LogP contribution >= 0.6 is 11.3 Å². The van der Waals surface area contributed by atoms with Crippen LogP contribution in [0.25, 0.3) is 21.1 Å². The molecule has 2 heterocycles. The van der Waals surface area contributed by atoms with Gasteiger partial charge in [0, 0.05) is 17.0 Å². The minimum Gasteiger partial charge on any atom is -0.505 e. The highest BCUT2D eigenvalue weighted by molar-refractivity contribution is 8.02. The number of hydrogen-bond acceptors (Lipinski definition) is 4. The molecule has 4 rings (SSSR count). The van der Waals surface area contributed by atoms with Crippen LogP contribution in [0.3, 0.4) is 0 Å². The second-order valence-electron chi connectivity index (χ2n) is 6.35. The zero-order chi connectivity index (χ0) is 19.2. The Morgan fingerprint density at radius 2 is 1.70 bits per heavy atom. The minimum absolute atomic E-state index is 0.0172. The molecule has 138 valence electrons. The van der Waals surface area contributed by atoms with E-state index in [0.29, 0.717) is 22.7 Å². The molecule has 4 nitrogen and oxygen atoms in total. The summed E-state index contributed by atoms with van der Waals surface area (Å²) in [7, 11) is -3.85. The first-order valence-electron chi connectivity index (χ1n) is 8.66. The average Bonchev–Trinajstić information content (AvgIpc) is 3.09. The van der Waals surface area contributed by atoms with Gasteiger partial charge in [-0.1, -0.05) is 54.6 Å². The Bertz CT molecular complexity index is 1150. The summed E-state index contributed by atoms with van der Waals surface area (Å²) < 4.78 is 28.0. The third kappa shape index (κ3) is 2.76. The van der Waals surface area contributed by atoms with Gasteiger partial charge in [0.15, 0.2) is 5.76 Å². The van der Waals surface area contributed by atoms with Crippen LogP contribution in [-0.2, 0) is 10.0 Å². The molecule has 0 aliphatic carbocycles. The van der Waals surface area contributed by atoms with Gasteiger partial charge in [-0.2, -0.15) is 0 Å². The summed E-state index contributed by atoms with van der Waals surface area (Å²) in [5.41, 5.74) is 2.88. The van der Waals surface area contributed by atoms with Crippen molar-refractivity contribution >= 4 is 37.7 Å². The van der Waals surface area contributed by atoms with Gasteiger partial charge >= 0.3 is 0 Å². The van der Waals surface area contributed by atoms with Gasteiger partial charge in [-0.15, -0.1) is 11.3 Å². The molecule has 0 amide bonds. The zero-order valence-electron chi connectivity index (χ0n) is 15.0. The summed E-state index contributed by atoms with van der Waals surface area (Å²) in [5, 5.41) is 11.0. The van der Waals surface area contributed by atoms with Crippen molar-refractivity contribution in [2.24, 2.45) is 0 Å². The molecular formula is C21H19NO3S2. The number of benzene rings is 2. The lowest BCUT2D eigenvalue weighted by molar-refractivity contribution is 0.515. The van der Waals surface area contributed by atoms with Crippen LogP contribution in [0.2, 0.25) is 0 Å². The molecule has 1 aliphatic heterocycles. The predicted molar refractivity (Wildman–Crippen MR) is 112 cm³/mol. The maximum atomic E-state index is 13.3. The van der Waals surface area contributed by atoms with Crippen molar-refractivity contribution in [1.29, 1.82) is 0 Å². The number of aryl methyl sites for hydroxylation is 1. The number of aliphatic hydroxyl groups is 1. The lowest BCUT2D eigenvalue weighted by Gasteiger charge is -2.29. The Labute approximate surface area is 163 Å². The minimum atomic E-state index is -3.85. The molecule has 1 N–H and O–H groups in total. The lowest BCUT2D eigenvalue weighted by atomic mass is 10.1. The maximum Gasteiger partial charge on any atom is 0.268 e. The number of nitrogens with zero attached hydrogens (tertiary/aromatic N) is 1. The number of aliphatic hydroxyl groups excluding tert-OH is 1. The molecule has 0 saturated heterocycles.